The molecule has 0 fully saturated rings. The molecule has 1 heterocycles. The zero-order valence-electron chi connectivity index (χ0n) is 14.4. The Hall–Kier alpha value is -1.21. The molecule has 0 unspecified atom stereocenters. The fraction of sp³-hybridized carbons (Fsp3) is 0.412. The molecule has 0 bridgehead atoms. The maximum Gasteiger partial charge on any atom is 0.234 e. The number of hydrogen-bond donors (Lipinski definition) is 1. The van der Waals surface area contributed by atoms with E-state index in [2.05, 4.69) is 10.4 Å². The molecule has 0 aliphatic carbocycles. The van der Waals surface area contributed by atoms with Crippen LogP contribution in [0.3, 0.4) is 0 Å². The minimum Gasteiger partial charge on any atom is -0.379 e. The van der Waals surface area contributed by atoms with Crippen LogP contribution in [0.5, 0.6) is 0 Å². The first-order chi connectivity index (χ1) is 11.8. The number of halogens is 2. The van der Waals surface area contributed by atoms with E-state index in [4.69, 9.17) is 27.9 Å². The lowest BCUT2D eigenvalue weighted by Gasteiger charge is -2.22. The third kappa shape index (κ3) is 6.55. The molecule has 136 valence electrons. The highest BCUT2D eigenvalue weighted by atomic mass is 35.5. The van der Waals surface area contributed by atoms with Gasteiger partial charge in [0.2, 0.25) is 5.91 Å². The number of amides is 1. The van der Waals surface area contributed by atoms with Crippen molar-refractivity contribution in [3.63, 3.8) is 0 Å². The molecule has 0 aliphatic rings. The van der Waals surface area contributed by atoms with Crippen molar-refractivity contribution < 1.29 is 9.53 Å². The molecule has 1 aromatic heterocycles. The van der Waals surface area contributed by atoms with Gasteiger partial charge in [-0.05, 0) is 38.5 Å². The van der Waals surface area contributed by atoms with Crippen LogP contribution in [0.4, 0.5) is 5.69 Å². The summed E-state index contributed by atoms with van der Waals surface area (Å²) in [5.41, 5.74) is 0.465. The molecular weight excluding hydrogens is 381 g/mol. The molecule has 1 aromatic carbocycles. The summed E-state index contributed by atoms with van der Waals surface area (Å²) in [6.45, 7) is 4.77. The highest BCUT2D eigenvalue weighted by Gasteiger charge is 2.16. The Kier molecular flexibility index (Phi) is 7.19. The molecule has 8 heteroatoms. The van der Waals surface area contributed by atoms with Crippen molar-refractivity contribution >= 4 is 46.6 Å². The number of carbonyl (C=O) groups excluding carboxylic acids is 1. The van der Waals surface area contributed by atoms with Crippen LogP contribution in [0.25, 0.3) is 0 Å². The number of methoxy groups -OCH3 is 1. The number of aryl methyl sites for hydroxylation is 1. The second-order valence-corrected chi connectivity index (χ2v) is 7.98. The van der Waals surface area contributed by atoms with Crippen LogP contribution in [0.1, 0.15) is 20.3 Å². The van der Waals surface area contributed by atoms with Crippen molar-refractivity contribution in [2.75, 3.05) is 18.2 Å². The van der Waals surface area contributed by atoms with Gasteiger partial charge in [-0.3, -0.25) is 9.48 Å². The van der Waals surface area contributed by atoms with E-state index in [0.29, 0.717) is 22.3 Å². The fourth-order valence-corrected chi connectivity index (χ4v) is 3.26. The second kappa shape index (κ2) is 8.94. The van der Waals surface area contributed by atoms with E-state index in [1.165, 1.54) is 11.8 Å². The number of thioether (sulfide) groups is 1. The van der Waals surface area contributed by atoms with Crippen molar-refractivity contribution in [1.29, 1.82) is 0 Å². The Morgan fingerprint density at radius 3 is 2.84 bits per heavy atom. The van der Waals surface area contributed by atoms with E-state index < -0.39 is 0 Å². The molecule has 5 nitrogen and oxygen atoms in total. The van der Waals surface area contributed by atoms with Crippen molar-refractivity contribution in [1.82, 2.24) is 9.78 Å². The Morgan fingerprint density at radius 2 is 2.16 bits per heavy atom. The Bertz CT molecular complexity index is 734. The van der Waals surface area contributed by atoms with Gasteiger partial charge in [0.05, 0.1) is 28.3 Å². The molecular formula is C17H21Cl2N3O2S. The predicted molar refractivity (Wildman–Crippen MR) is 104 cm³/mol. The summed E-state index contributed by atoms with van der Waals surface area (Å²) >= 11 is 13.3. The number of aromatic nitrogens is 2. The average molecular weight is 402 g/mol. The third-order valence-corrected chi connectivity index (χ3v) is 5.40. The molecule has 0 aliphatic heterocycles. The quantitative estimate of drug-likeness (QED) is 0.649. The summed E-state index contributed by atoms with van der Waals surface area (Å²) in [4.78, 5) is 12.9. The van der Waals surface area contributed by atoms with Crippen LogP contribution in [0, 0.1) is 0 Å². The van der Waals surface area contributed by atoms with Gasteiger partial charge in [0.1, 0.15) is 0 Å². The zero-order valence-corrected chi connectivity index (χ0v) is 16.7. The van der Waals surface area contributed by atoms with Crippen LogP contribution in [-0.2, 0) is 16.1 Å². The Labute approximate surface area is 162 Å². The highest BCUT2D eigenvalue weighted by Crippen LogP contribution is 2.29. The summed E-state index contributed by atoms with van der Waals surface area (Å²) in [7, 11) is 1.69. The lowest BCUT2D eigenvalue weighted by atomic mass is 10.1. The number of carbonyl (C=O) groups is 1. The number of benzene rings is 1. The molecule has 0 atom stereocenters. The molecule has 1 amide bonds. The second-order valence-electron chi connectivity index (χ2n) is 6.12. The van der Waals surface area contributed by atoms with Crippen LogP contribution in [0.15, 0.2) is 35.5 Å². The third-order valence-electron chi connectivity index (χ3n) is 3.67. The van der Waals surface area contributed by atoms with E-state index >= 15 is 0 Å². The van der Waals surface area contributed by atoms with Gasteiger partial charge < -0.3 is 10.1 Å². The van der Waals surface area contributed by atoms with E-state index in [1.54, 1.807) is 36.2 Å². The first-order valence-electron chi connectivity index (χ1n) is 7.74. The molecule has 0 radical (unpaired) electrons. The maximum atomic E-state index is 12.1. The average Bonchev–Trinajstić information content (AvgIpc) is 3.00. The van der Waals surface area contributed by atoms with E-state index in [1.807, 2.05) is 20.0 Å². The minimum absolute atomic E-state index is 0.118. The molecule has 1 N–H and O–H groups in total. The summed E-state index contributed by atoms with van der Waals surface area (Å²) < 4.78 is 7.18. The maximum absolute atomic E-state index is 12.1. The standard InChI is InChI=1S/C17H21Cl2N3O2S/c1-17(2,24-3)6-7-22-10-13(9-20-22)21-16(23)11-25-15-5-4-12(18)8-14(15)19/h4-5,8-10H,6-7,11H2,1-3H3,(H,21,23). The first-order valence-corrected chi connectivity index (χ1v) is 9.48. The SMILES string of the molecule is COC(C)(C)CCn1cc(NC(=O)CSc2ccc(Cl)cc2Cl)cn1. The smallest absolute Gasteiger partial charge is 0.234 e. The lowest BCUT2D eigenvalue weighted by Crippen LogP contribution is -2.24. The first kappa shape index (κ1) is 20.1. The summed E-state index contributed by atoms with van der Waals surface area (Å²) in [5.74, 6) is 0.135. The van der Waals surface area contributed by atoms with Crippen LogP contribution < -0.4 is 5.32 Å². The normalized spacial score (nSPS) is 11.6. The van der Waals surface area contributed by atoms with Crippen LogP contribution >= 0.6 is 35.0 Å². The van der Waals surface area contributed by atoms with Gasteiger partial charge in [0, 0.05) is 29.8 Å². The molecule has 0 saturated heterocycles. The zero-order chi connectivity index (χ0) is 18.4. The number of ether oxygens (including phenoxy) is 1. The molecule has 0 spiro atoms. The van der Waals surface area contributed by atoms with Gasteiger partial charge in [-0.2, -0.15) is 5.10 Å². The molecule has 2 rings (SSSR count). The van der Waals surface area contributed by atoms with Gasteiger partial charge in [0.15, 0.2) is 0 Å². The molecule has 2 aromatic rings. The number of hydrogen-bond acceptors (Lipinski definition) is 4. The van der Waals surface area contributed by atoms with Crippen LogP contribution in [-0.4, -0.2) is 34.2 Å². The van der Waals surface area contributed by atoms with E-state index in [0.717, 1.165) is 11.3 Å². The Balaban J connectivity index is 1.82. The Morgan fingerprint density at radius 1 is 1.40 bits per heavy atom. The summed E-state index contributed by atoms with van der Waals surface area (Å²) in [5, 5.41) is 8.20. The number of nitrogens with one attached hydrogen (secondary N) is 1. The largest absolute Gasteiger partial charge is 0.379 e. The van der Waals surface area contributed by atoms with Crippen molar-refractivity contribution in [3.05, 3.63) is 40.6 Å². The number of nitrogens with zero attached hydrogens (tertiary/aromatic N) is 2. The minimum atomic E-state index is -0.205. The summed E-state index contributed by atoms with van der Waals surface area (Å²) in [6.07, 6.45) is 4.27. The van der Waals surface area contributed by atoms with Gasteiger partial charge in [0.25, 0.3) is 0 Å². The topological polar surface area (TPSA) is 56.1 Å². The number of anilines is 1. The van der Waals surface area contributed by atoms with E-state index in [9.17, 15) is 4.79 Å². The predicted octanol–water partition coefficient (Wildman–Crippen LogP) is 4.74. The van der Waals surface area contributed by atoms with Gasteiger partial charge in [-0.1, -0.05) is 23.2 Å². The van der Waals surface area contributed by atoms with Gasteiger partial charge >= 0.3 is 0 Å². The molecule has 0 saturated carbocycles. The highest BCUT2D eigenvalue weighted by molar-refractivity contribution is 8.00. The fourth-order valence-electron chi connectivity index (χ4n) is 1.97. The number of rotatable bonds is 8. The van der Waals surface area contributed by atoms with Crippen molar-refractivity contribution in [3.8, 4) is 0 Å². The lowest BCUT2D eigenvalue weighted by molar-refractivity contribution is -0.113. The van der Waals surface area contributed by atoms with E-state index in [-0.39, 0.29) is 17.3 Å². The van der Waals surface area contributed by atoms with Gasteiger partial charge in [-0.15, -0.1) is 11.8 Å². The summed E-state index contributed by atoms with van der Waals surface area (Å²) in [6, 6.07) is 5.21. The van der Waals surface area contributed by atoms with Crippen molar-refractivity contribution in [2.45, 2.75) is 37.3 Å². The van der Waals surface area contributed by atoms with Gasteiger partial charge in [-0.25, -0.2) is 0 Å². The van der Waals surface area contributed by atoms with Crippen molar-refractivity contribution in [2.24, 2.45) is 0 Å². The monoisotopic (exact) mass is 401 g/mol. The van der Waals surface area contributed by atoms with Crippen LogP contribution in [0.2, 0.25) is 10.0 Å². The molecule has 25 heavy (non-hydrogen) atoms.